The van der Waals surface area contributed by atoms with Gasteiger partial charge in [0.15, 0.2) is 18.2 Å². The predicted molar refractivity (Wildman–Crippen MR) is 88.0 cm³/mol. The first-order valence-corrected chi connectivity index (χ1v) is 8.92. The van der Waals surface area contributed by atoms with Crippen molar-refractivity contribution < 1.29 is 28.2 Å². The van der Waals surface area contributed by atoms with Gasteiger partial charge in [-0.25, -0.2) is 8.78 Å². The fourth-order valence-electron chi connectivity index (χ4n) is 5.51. The summed E-state index contributed by atoms with van der Waals surface area (Å²) in [6.45, 7) is -0.493. The first-order chi connectivity index (χ1) is 12.3. The lowest BCUT2D eigenvalue weighted by molar-refractivity contribution is -0.196. The van der Waals surface area contributed by atoms with Gasteiger partial charge in [-0.05, 0) is 62.5 Å². The van der Waals surface area contributed by atoms with Crippen LogP contribution in [-0.2, 0) is 14.3 Å². The normalized spacial score (nSPS) is 34.6. The molecular formula is C19H21F2NO4. The molecule has 0 heterocycles. The summed E-state index contributed by atoms with van der Waals surface area (Å²) in [6.07, 6.45) is 4.35. The van der Waals surface area contributed by atoms with Crippen LogP contribution in [0, 0.1) is 28.9 Å². The fourth-order valence-corrected chi connectivity index (χ4v) is 5.51. The number of amides is 1. The van der Waals surface area contributed by atoms with E-state index < -0.39 is 41.1 Å². The van der Waals surface area contributed by atoms with Gasteiger partial charge in [-0.3, -0.25) is 9.59 Å². The summed E-state index contributed by atoms with van der Waals surface area (Å²) < 4.78 is 31.3. The first kappa shape index (κ1) is 17.4. The summed E-state index contributed by atoms with van der Waals surface area (Å²) in [4.78, 5) is 24.6. The van der Waals surface area contributed by atoms with Gasteiger partial charge in [0.2, 0.25) is 0 Å². The number of rotatable bonds is 4. The first-order valence-electron chi connectivity index (χ1n) is 8.92. The molecule has 2 unspecified atom stereocenters. The maximum Gasteiger partial charge on any atom is 0.312 e. The Labute approximate surface area is 149 Å². The number of aliphatic hydroxyl groups is 1. The van der Waals surface area contributed by atoms with Gasteiger partial charge in [0.05, 0.1) is 11.0 Å². The van der Waals surface area contributed by atoms with E-state index in [0.29, 0.717) is 31.1 Å². The van der Waals surface area contributed by atoms with Crippen LogP contribution in [0.2, 0.25) is 0 Å². The zero-order valence-corrected chi connectivity index (χ0v) is 14.3. The third kappa shape index (κ3) is 3.09. The zero-order valence-electron chi connectivity index (χ0n) is 14.3. The molecule has 4 bridgehead atoms. The van der Waals surface area contributed by atoms with Crippen LogP contribution in [0.25, 0.3) is 0 Å². The molecule has 0 radical (unpaired) electrons. The Bertz CT molecular complexity index is 752. The molecule has 7 heteroatoms. The molecule has 1 amide bonds. The molecule has 4 atom stereocenters. The lowest BCUT2D eigenvalue weighted by Crippen LogP contribution is -2.58. The number of carbonyl (C=O) groups is 2. The molecule has 0 spiro atoms. The van der Waals surface area contributed by atoms with E-state index in [-0.39, 0.29) is 5.69 Å². The topological polar surface area (TPSA) is 75.6 Å². The van der Waals surface area contributed by atoms with Gasteiger partial charge in [0, 0.05) is 11.8 Å². The third-order valence-electron chi connectivity index (χ3n) is 6.00. The minimum Gasteiger partial charge on any atom is -0.455 e. The highest BCUT2D eigenvalue weighted by Gasteiger charge is 2.60. The van der Waals surface area contributed by atoms with Gasteiger partial charge in [-0.15, -0.1) is 0 Å². The number of halogens is 2. The number of hydrogen-bond acceptors (Lipinski definition) is 4. The third-order valence-corrected chi connectivity index (χ3v) is 6.00. The van der Waals surface area contributed by atoms with Crippen molar-refractivity contribution in [1.29, 1.82) is 0 Å². The van der Waals surface area contributed by atoms with Crippen molar-refractivity contribution >= 4 is 17.6 Å². The highest BCUT2D eigenvalue weighted by Crippen LogP contribution is 2.61. The van der Waals surface area contributed by atoms with Crippen LogP contribution >= 0.6 is 0 Å². The van der Waals surface area contributed by atoms with Crippen LogP contribution in [0.15, 0.2) is 18.2 Å². The molecule has 1 aromatic rings. The largest absolute Gasteiger partial charge is 0.455 e. The van der Waals surface area contributed by atoms with E-state index in [4.69, 9.17) is 4.74 Å². The van der Waals surface area contributed by atoms with Crippen LogP contribution < -0.4 is 5.32 Å². The van der Waals surface area contributed by atoms with Gasteiger partial charge in [0.25, 0.3) is 5.91 Å². The summed E-state index contributed by atoms with van der Waals surface area (Å²) in [6, 6.07) is 3.00. The van der Waals surface area contributed by atoms with Crippen molar-refractivity contribution in [2.24, 2.45) is 17.3 Å². The number of anilines is 1. The highest BCUT2D eigenvalue weighted by atomic mass is 19.2. The second kappa shape index (κ2) is 6.01. The minimum absolute atomic E-state index is 0.0917. The summed E-state index contributed by atoms with van der Waals surface area (Å²) in [5, 5.41) is 13.1. The number of hydrogen-bond donors (Lipinski definition) is 2. The van der Waals surface area contributed by atoms with Crippen molar-refractivity contribution in [2.45, 2.75) is 44.1 Å². The number of carbonyl (C=O) groups excluding carboxylic acids is 2. The Kier molecular flexibility index (Phi) is 4.02. The maximum atomic E-state index is 13.2. The second-order valence-corrected chi connectivity index (χ2v) is 8.22. The van der Waals surface area contributed by atoms with Crippen molar-refractivity contribution in [3.05, 3.63) is 29.8 Å². The Morgan fingerprint density at radius 1 is 1.15 bits per heavy atom. The van der Waals surface area contributed by atoms with Gasteiger partial charge < -0.3 is 15.2 Å². The fraction of sp³-hybridized carbons (Fsp3) is 0.579. The molecule has 5 nitrogen and oxygen atoms in total. The molecular weight excluding hydrogens is 344 g/mol. The molecule has 26 heavy (non-hydrogen) atoms. The predicted octanol–water partition coefficient (Wildman–Crippen LogP) is 2.78. The molecule has 1 aromatic carbocycles. The Balaban J connectivity index is 1.36. The summed E-state index contributed by atoms with van der Waals surface area (Å²) in [5.74, 6) is -2.45. The number of benzene rings is 1. The zero-order chi connectivity index (χ0) is 18.5. The molecule has 4 fully saturated rings. The average molecular weight is 365 g/mol. The monoisotopic (exact) mass is 365 g/mol. The lowest BCUT2D eigenvalue weighted by atomic mass is 9.48. The number of nitrogens with one attached hydrogen (secondary N) is 1. The van der Waals surface area contributed by atoms with Crippen molar-refractivity contribution in [3.63, 3.8) is 0 Å². The van der Waals surface area contributed by atoms with Gasteiger partial charge in [-0.2, -0.15) is 0 Å². The van der Waals surface area contributed by atoms with E-state index >= 15 is 0 Å². The smallest absolute Gasteiger partial charge is 0.312 e. The van der Waals surface area contributed by atoms with Crippen LogP contribution in [-0.4, -0.2) is 29.2 Å². The van der Waals surface area contributed by atoms with E-state index in [1.165, 1.54) is 6.07 Å². The van der Waals surface area contributed by atoms with E-state index in [2.05, 4.69) is 5.32 Å². The molecule has 0 aromatic heterocycles. The summed E-state index contributed by atoms with van der Waals surface area (Å²) in [7, 11) is 0. The van der Waals surface area contributed by atoms with Crippen molar-refractivity contribution in [1.82, 2.24) is 0 Å². The summed E-state index contributed by atoms with van der Waals surface area (Å²) in [5.41, 5.74) is -1.38. The molecule has 5 rings (SSSR count). The molecule has 0 saturated heterocycles. The molecule has 140 valence electrons. The quantitative estimate of drug-likeness (QED) is 0.805. The lowest BCUT2D eigenvalue weighted by Gasteiger charge is -2.58. The van der Waals surface area contributed by atoms with Crippen molar-refractivity contribution in [3.8, 4) is 0 Å². The number of esters is 1. The van der Waals surface area contributed by atoms with E-state index in [1.54, 1.807) is 0 Å². The van der Waals surface area contributed by atoms with Crippen molar-refractivity contribution in [2.75, 3.05) is 11.9 Å². The second-order valence-electron chi connectivity index (χ2n) is 8.22. The Hall–Kier alpha value is -2.02. The van der Waals surface area contributed by atoms with Crippen LogP contribution in [0.5, 0.6) is 0 Å². The SMILES string of the molecule is O=C(COC(=O)C12C[C@@H]3C[C@@H](CC(O)(C3)C1)C2)Nc1ccc(F)c(F)c1. The van der Waals surface area contributed by atoms with Crippen LogP contribution in [0.4, 0.5) is 14.5 Å². The van der Waals surface area contributed by atoms with E-state index in [1.807, 2.05) is 0 Å². The molecule has 2 N–H and O–H groups in total. The van der Waals surface area contributed by atoms with Crippen LogP contribution in [0.3, 0.4) is 0 Å². The van der Waals surface area contributed by atoms with Crippen LogP contribution in [0.1, 0.15) is 38.5 Å². The molecule has 0 aliphatic heterocycles. The number of ether oxygens (including phenoxy) is 1. The standard InChI is InChI=1S/C19H21F2NO4/c20-14-2-1-13(4-15(14)21)22-16(23)9-26-17(24)18-5-11-3-12(6-18)8-19(25,7-11)10-18/h1-2,4,11-12,25H,3,5-10H2,(H,22,23)/t11-,12+,18?,19?. The molecule has 4 aliphatic carbocycles. The Morgan fingerprint density at radius 3 is 2.46 bits per heavy atom. The van der Waals surface area contributed by atoms with Gasteiger partial charge >= 0.3 is 5.97 Å². The maximum absolute atomic E-state index is 13.2. The highest BCUT2D eigenvalue weighted by molar-refractivity contribution is 5.93. The van der Waals surface area contributed by atoms with Gasteiger partial charge in [-0.1, -0.05) is 0 Å². The minimum atomic E-state index is -1.07. The summed E-state index contributed by atoms with van der Waals surface area (Å²) >= 11 is 0. The molecule has 4 aliphatic rings. The van der Waals surface area contributed by atoms with Gasteiger partial charge in [0.1, 0.15) is 0 Å². The average Bonchev–Trinajstić information content (AvgIpc) is 2.53. The Morgan fingerprint density at radius 2 is 1.85 bits per heavy atom. The van der Waals surface area contributed by atoms with E-state index in [0.717, 1.165) is 31.4 Å². The molecule has 4 saturated carbocycles. The van der Waals surface area contributed by atoms with E-state index in [9.17, 15) is 23.5 Å².